The summed E-state index contributed by atoms with van der Waals surface area (Å²) < 4.78 is 0. The minimum absolute atomic E-state index is 0.520. The van der Waals surface area contributed by atoms with E-state index in [4.69, 9.17) is 16.4 Å². The van der Waals surface area contributed by atoms with Crippen LogP contribution < -0.4 is 5.32 Å². The molecule has 1 N–H and O–H groups in total. The number of oxime groups is 1. The zero-order valence-corrected chi connectivity index (χ0v) is 15.0. The van der Waals surface area contributed by atoms with Crippen LogP contribution in [0.15, 0.2) is 84.0 Å². The van der Waals surface area contributed by atoms with Crippen molar-refractivity contribution < 1.29 is 9.63 Å². The Labute approximate surface area is 162 Å². The Morgan fingerprint density at radius 2 is 1.63 bits per heavy atom. The van der Waals surface area contributed by atoms with Crippen LogP contribution in [0, 0.1) is 11.8 Å². The molecule has 5 heteroatoms. The highest BCUT2D eigenvalue weighted by Gasteiger charge is 2.02. The van der Waals surface area contributed by atoms with Gasteiger partial charge < -0.3 is 0 Å². The lowest BCUT2D eigenvalue weighted by Crippen LogP contribution is -2.10. The second-order valence-electron chi connectivity index (χ2n) is 5.49. The van der Waals surface area contributed by atoms with E-state index >= 15 is 0 Å². The van der Waals surface area contributed by atoms with Crippen LogP contribution in [0.1, 0.15) is 16.7 Å². The van der Waals surface area contributed by atoms with Crippen molar-refractivity contribution in [1.29, 1.82) is 0 Å². The number of rotatable bonds is 3. The summed E-state index contributed by atoms with van der Waals surface area (Å²) in [5, 5.41) is 6.73. The Bertz CT molecular complexity index is 1000. The van der Waals surface area contributed by atoms with E-state index in [1.807, 2.05) is 54.6 Å². The average molecular weight is 375 g/mol. The number of nitrogens with one attached hydrogen (secondary N) is 1. The van der Waals surface area contributed by atoms with Gasteiger partial charge in [0.15, 0.2) is 0 Å². The zero-order valence-electron chi connectivity index (χ0n) is 14.2. The number of carbonyl (C=O) groups is 1. The number of anilines is 1. The predicted octanol–water partition coefficient (Wildman–Crippen LogP) is 5.32. The molecule has 0 saturated heterocycles. The van der Waals surface area contributed by atoms with E-state index in [-0.39, 0.29) is 0 Å². The third-order valence-corrected chi connectivity index (χ3v) is 3.68. The molecule has 0 fully saturated rings. The van der Waals surface area contributed by atoms with Crippen molar-refractivity contribution in [3.8, 4) is 11.8 Å². The first-order valence-electron chi connectivity index (χ1n) is 8.13. The molecular weight excluding hydrogens is 360 g/mol. The van der Waals surface area contributed by atoms with Gasteiger partial charge in [0, 0.05) is 21.8 Å². The normalized spacial score (nSPS) is 10.1. The summed E-state index contributed by atoms with van der Waals surface area (Å²) in [5.41, 5.74) is 3.16. The number of nitrogens with zero attached hydrogens (tertiary/aromatic N) is 1. The third kappa shape index (κ3) is 6.03. The Kier molecular flexibility index (Phi) is 6.24. The van der Waals surface area contributed by atoms with Gasteiger partial charge in [-0.3, -0.25) is 10.2 Å². The third-order valence-electron chi connectivity index (χ3n) is 3.44. The summed E-state index contributed by atoms with van der Waals surface area (Å²) >= 11 is 5.85. The van der Waals surface area contributed by atoms with Crippen molar-refractivity contribution in [2.75, 3.05) is 5.32 Å². The fourth-order valence-electron chi connectivity index (χ4n) is 2.16. The Morgan fingerprint density at radius 3 is 2.33 bits per heavy atom. The molecule has 0 atom stereocenters. The summed E-state index contributed by atoms with van der Waals surface area (Å²) in [4.78, 5) is 16.5. The van der Waals surface area contributed by atoms with E-state index in [9.17, 15) is 4.79 Å². The van der Waals surface area contributed by atoms with Crippen LogP contribution in [0.25, 0.3) is 0 Å². The molecule has 0 spiro atoms. The van der Waals surface area contributed by atoms with Crippen molar-refractivity contribution in [1.82, 2.24) is 0 Å². The van der Waals surface area contributed by atoms with Crippen LogP contribution in [0.5, 0.6) is 0 Å². The lowest BCUT2D eigenvalue weighted by Gasteiger charge is -2.02. The Morgan fingerprint density at radius 1 is 0.926 bits per heavy atom. The lowest BCUT2D eigenvalue weighted by atomic mass is 10.1. The zero-order chi connectivity index (χ0) is 18.9. The Hall–Kier alpha value is -3.55. The van der Waals surface area contributed by atoms with Gasteiger partial charge in [0.1, 0.15) is 0 Å². The summed E-state index contributed by atoms with van der Waals surface area (Å²) in [5.74, 6) is 6.19. The lowest BCUT2D eigenvalue weighted by molar-refractivity contribution is 0.167. The number of benzene rings is 3. The van der Waals surface area contributed by atoms with E-state index in [2.05, 4.69) is 22.3 Å². The standard InChI is InChI=1S/C22H15ClN2O2/c23-20-7-4-8-21(15-20)25-22(26)27-24-16-19-13-11-18(12-14-19)10-9-17-5-2-1-3-6-17/h1-8,11-16H,(H,25,26)/b24-16-. The number of amides is 1. The topological polar surface area (TPSA) is 50.7 Å². The largest absolute Gasteiger partial charge is 0.437 e. The highest BCUT2D eigenvalue weighted by molar-refractivity contribution is 6.30. The summed E-state index contributed by atoms with van der Waals surface area (Å²) in [7, 11) is 0. The molecule has 3 aromatic carbocycles. The van der Waals surface area contributed by atoms with Crippen molar-refractivity contribution in [2.45, 2.75) is 0 Å². The summed E-state index contributed by atoms with van der Waals surface area (Å²) in [6.45, 7) is 0. The molecule has 1 amide bonds. The van der Waals surface area contributed by atoms with Gasteiger partial charge in [-0.25, -0.2) is 4.79 Å². The molecule has 0 bridgehead atoms. The minimum atomic E-state index is -0.695. The van der Waals surface area contributed by atoms with Crippen LogP contribution in [0.2, 0.25) is 5.02 Å². The molecule has 0 radical (unpaired) electrons. The number of carbonyl (C=O) groups excluding carboxylic acids is 1. The predicted molar refractivity (Wildman–Crippen MR) is 108 cm³/mol. The molecule has 0 aliphatic carbocycles. The fourth-order valence-corrected chi connectivity index (χ4v) is 2.35. The summed E-state index contributed by atoms with van der Waals surface area (Å²) in [6.07, 6.45) is 0.755. The van der Waals surface area contributed by atoms with Crippen LogP contribution in [0.3, 0.4) is 0 Å². The smallest absolute Gasteiger partial charge is 0.298 e. The maximum absolute atomic E-state index is 11.7. The second-order valence-corrected chi connectivity index (χ2v) is 5.92. The first-order valence-corrected chi connectivity index (χ1v) is 8.51. The number of hydrogen-bond acceptors (Lipinski definition) is 3. The molecule has 0 aliphatic heterocycles. The van der Waals surface area contributed by atoms with Crippen molar-refractivity contribution >= 4 is 29.6 Å². The van der Waals surface area contributed by atoms with E-state index < -0.39 is 6.09 Å². The molecule has 0 unspecified atom stereocenters. The molecule has 0 aliphatic rings. The van der Waals surface area contributed by atoms with Gasteiger partial charge in [0.2, 0.25) is 0 Å². The molecule has 0 aromatic heterocycles. The van der Waals surface area contributed by atoms with Gasteiger partial charge >= 0.3 is 6.09 Å². The fraction of sp³-hybridized carbons (Fsp3) is 0. The maximum Gasteiger partial charge on any atom is 0.437 e. The molecule has 4 nitrogen and oxygen atoms in total. The molecule has 3 rings (SSSR count). The summed E-state index contributed by atoms with van der Waals surface area (Å²) in [6, 6.07) is 24.0. The second kappa shape index (κ2) is 9.23. The van der Waals surface area contributed by atoms with Crippen LogP contribution in [0.4, 0.5) is 10.5 Å². The number of halogens is 1. The van der Waals surface area contributed by atoms with Gasteiger partial charge in [-0.1, -0.05) is 65.0 Å². The van der Waals surface area contributed by atoms with E-state index in [0.29, 0.717) is 10.7 Å². The van der Waals surface area contributed by atoms with Crippen LogP contribution in [-0.2, 0) is 4.84 Å². The molecule has 3 aromatic rings. The minimum Gasteiger partial charge on any atom is -0.298 e. The molecular formula is C22H15ClN2O2. The highest BCUT2D eigenvalue weighted by Crippen LogP contribution is 2.15. The van der Waals surface area contributed by atoms with Crippen molar-refractivity contribution in [2.24, 2.45) is 5.16 Å². The first-order chi connectivity index (χ1) is 13.2. The van der Waals surface area contributed by atoms with Crippen LogP contribution in [-0.4, -0.2) is 12.3 Å². The molecule has 27 heavy (non-hydrogen) atoms. The van der Waals surface area contributed by atoms with Crippen molar-refractivity contribution in [3.05, 3.63) is 101 Å². The number of hydrogen-bond donors (Lipinski definition) is 1. The van der Waals surface area contributed by atoms with Gasteiger partial charge in [-0.2, -0.15) is 0 Å². The molecule has 0 saturated carbocycles. The Balaban J connectivity index is 1.53. The maximum atomic E-state index is 11.7. The molecule has 0 heterocycles. The van der Waals surface area contributed by atoms with Gasteiger partial charge in [-0.05, 0) is 48.0 Å². The van der Waals surface area contributed by atoms with Crippen molar-refractivity contribution in [3.63, 3.8) is 0 Å². The van der Waals surface area contributed by atoms with Gasteiger partial charge in [-0.15, -0.1) is 0 Å². The molecule has 132 valence electrons. The van der Waals surface area contributed by atoms with Gasteiger partial charge in [0.05, 0.1) is 6.21 Å². The average Bonchev–Trinajstić information content (AvgIpc) is 2.68. The van der Waals surface area contributed by atoms with E-state index in [1.165, 1.54) is 6.21 Å². The SMILES string of the molecule is O=C(Nc1cccc(Cl)c1)O/N=C\c1ccc(C#Cc2ccccc2)cc1. The van der Waals surface area contributed by atoms with Crippen LogP contribution >= 0.6 is 11.6 Å². The first kappa shape index (κ1) is 18.2. The highest BCUT2D eigenvalue weighted by atomic mass is 35.5. The van der Waals surface area contributed by atoms with E-state index in [0.717, 1.165) is 16.7 Å². The van der Waals surface area contributed by atoms with E-state index in [1.54, 1.807) is 24.3 Å². The monoisotopic (exact) mass is 374 g/mol. The van der Waals surface area contributed by atoms with Gasteiger partial charge in [0.25, 0.3) is 0 Å². The quantitative estimate of drug-likeness (QED) is 0.292.